The summed E-state index contributed by atoms with van der Waals surface area (Å²) in [5.74, 6) is 0.118. The second-order valence-electron chi connectivity index (χ2n) is 3.13. The maximum Gasteiger partial charge on any atom is 0.316 e. The predicted molar refractivity (Wildman–Crippen MR) is 68.4 cm³/mol. The number of carbonyl (C=O) groups excluding carboxylic acids is 1. The largest absolute Gasteiger partial charge is 0.465 e. The molecule has 0 heterocycles. The van der Waals surface area contributed by atoms with Crippen LogP contribution < -0.4 is 0 Å². The molecule has 0 aliphatic carbocycles. The van der Waals surface area contributed by atoms with Crippen LogP contribution in [-0.2, 0) is 9.53 Å². The summed E-state index contributed by atoms with van der Waals surface area (Å²) in [7, 11) is 0. The van der Waals surface area contributed by atoms with E-state index in [0.717, 1.165) is 10.5 Å². The van der Waals surface area contributed by atoms with Gasteiger partial charge in [0, 0.05) is 11.0 Å². The predicted octanol–water partition coefficient (Wildman–Crippen LogP) is 2.88. The van der Waals surface area contributed by atoms with Crippen molar-refractivity contribution in [1.29, 1.82) is 5.26 Å². The van der Waals surface area contributed by atoms with Gasteiger partial charge in [0.2, 0.25) is 0 Å². The zero-order valence-electron chi connectivity index (χ0n) is 9.55. The number of nitrogens with zero attached hydrogens (tertiary/aromatic N) is 1. The average molecular weight is 247 g/mol. The van der Waals surface area contributed by atoms with Gasteiger partial charge in [0.15, 0.2) is 0 Å². The first kappa shape index (κ1) is 13.3. The molecule has 0 spiro atoms. The Balaban J connectivity index is 2.49. The van der Waals surface area contributed by atoms with Crippen LogP contribution in [0, 0.1) is 11.3 Å². The van der Waals surface area contributed by atoms with Gasteiger partial charge in [-0.25, -0.2) is 0 Å². The number of benzene rings is 1. The number of allylic oxidation sites excluding steroid dienone is 1. The van der Waals surface area contributed by atoms with E-state index in [9.17, 15) is 4.79 Å². The van der Waals surface area contributed by atoms with Crippen molar-refractivity contribution in [3.8, 4) is 6.07 Å². The summed E-state index contributed by atoms with van der Waals surface area (Å²) >= 11 is 1.44. The van der Waals surface area contributed by atoms with Crippen LogP contribution in [0.3, 0.4) is 0 Å². The quantitative estimate of drug-likeness (QED) is 0.456. The van der Waals surface area contributed by atoms with E-state index < -0.39 is 0 Å². The van der Waals surface area contributed by atoms with E-state index in [1.807, 2.05) is 30.3 Å². The van der Waals surface area contributed by atoms with E-state index in [2.05, 4.69) is 0 Å². The lowest BCUT2D eigenvalue weighted by atomic mass is 10.2. The zero-order valence-corrected chi connectivity index (χ0v) is 10.4. The summed E-state index contributed by atoms with van der Waals surface area (Å²) in [5.41, 5.74) is 0.965. The lowest BCUT2D eigenvalue weighted by Gasteiger charge is -2.02. The van der Waals surface area contributed by atoms with Crippen molar-refractivity contribution < 1.29 is 9.53 Å². The molecule has 0 radical (unpaired) electrons. The number of ether oxygens (including phenoxy) is 1. The van der Waals surface area contributed by atoms with Crippen molar-refractivity contribution in [2.75, 3.05) is 12.4 Å². The number of esters is 1. The molecule has 0 atom stereocenters. The van der Waals surface area contributed by atoms with Crippen LogP contribution in [0.15, 0.2) is 35.2 Å². The summed E-state index contributed by atoms with van der Waals surface area (Å²) < 4.78 is 4.83. The van der Waals surface area contributed by atoms with Crippen molar-refractivity contribution in [2.24, 2.45) is 0 Å². The van der Waals surface area contributed by atoms with Gasteiger partial charge in [-0.2, -0.15) is 5.26 Å². The highest BCUT2D eigenvalue weighted by Gasteiger charge is 2.02. The van der Waals surface area contributed by atoms with Crippen LogP contribution in [0.5, 0.6) is 0 Å². The number of hydrogen-bond donors (Lipinski definition) is 0. The van der Waals surface area contributed by atoms with Crippen LogP contribution in [0.4, 0.5) is 0 Å². The van der Waals surface area contributed by atoms with Crippen molar-refractivity contribution in [3.63, 3.8) is 0 Å². The van der Waals surface area contributed by atoms with Crippen molar-refractivity contribution in [2.45, 2.75) is 11.8 Å². The van der Waals surface area contributed by atoms with Gasteiger partial charge in [0.05, 0.1) is 18.4 Å². The lowest BCUT2D eigenvalue weighted by Crippen LogP contribution is -2.06. The molecule has 3 nitrogen and oxygen atoms in total. The van der Waals surface area contributed by atoms with E-state index in [1.54, 1.807) is 13.0 Å². The van der Waals surface area contributed by atoms with Crippen molar-refractivity contribution in [3.05, 3.63) is 35.9 Å². The normalized spacial score (nSPS) is 10.1. The Morgan fingerprint density at radius 3 is 2.76 bits per heavy atom. The van der Waals surface area contributed by atoms with E-state index in [1.165, 1.54) is 17.8 Å². The first-order valence-electron chi connectivity index (χ1n) is 5.21. The molecule has 0 saturated heterocycles. The summed E-state index contributed by atoms with van der Waals surface area (Å²) in [5, 5.41) is 8.39. The smallest absolute Gasteiger partial charge is 0.316 e. The minimum atomic E-state index is -0.203. The van der Waals surface area contributed by atoms with Crippen LogP contribution in [0.25, 0.3) is 6.08 Å². The molecule has 1 aromatic carbocycles. The molecular formula is C13H13NO2S. The first-order chi connectivity index (χ1) is 8.26. The second-order valence-corrected chi connectivity index (χ2v) is 4.17. The molecule has 1 aromatic rings. The fraction of sp³-hybridized carbons (Fsp3) is 0.231. The van der Waals surface area contributed by atoms with Crippen molar-refractivity contribution >= 4 is 23.8 Å². The van der Waals surface area contributed by atoms with E-state index in [4.69, 9.17) is 10.00 Å². The Kier molecular flexibility index (Phi) is 5.91. The number of carbonyl (C=O) groups is 1. The second kappa shape index (κ2) is 7.53. The minimum Gasteiger partial charge on any atom is -0.465 e. The standard InChI is InChI=1S/C13H13NO2S/c1-2-16-13(15)10-17-12-7-5-11(6-8-12)4-3-9-14/h3-8H,2,10H2,1H3/b4-3+. The van der Waals surface area contributed by atoms with Crippen LogP contribution >= 0.6 is 11.8 Å². The molecule has 88 valence electrons. The third-order valence-electron chi connectivity index (χ3n) is 1.89. The number of rotatable bonds is 5. The highest BCUT2D eigenvalue weighted by atomic mass is 32.2. The SMILES string of the molecule is CCOC(=O)CSc1ccc(/C=C/C#N)cc1. The topological polar surface area (TPSA) is 50.1 Å². The molecule has 0 amide bonds. The van der Waals surface area contributed by atoms with Gasteiger partial charge in [-0.05, 0) is 30.7 Å². The number of hydrogen-bond acceptors (Lipinski definition) is 4. The molecule has 0 N–H and O–H groups in total. The highest BCUT2D eigenvalue weighted by molar-refractivity contribution is 8.00. The fourth-order valence-corrected chi connectivity index (χ4v) is 1.85. The number of thioether (sulfide) groups is 1. The van der Waals surface area contributed by atoms with Gasteiger partial charge in [-0.1, -0.05) is 12.1 Å². The van der Waals surface area contributed by atoms with Crippen LogP contribution in [0.2, 0.25) is 0 Å². The minimum absolute atomic E-state index is 0.203. The van der Waals surface area contributed by atoms with Gasteiger partial charge >= 0.3 is 5.97 Å². The first-order valence-corrected chi connectivity index (χ1v) is 6.19. The van der Waals surface area contributed by atoms with Gasteiger partial charge in [0.25, 0.3) is 0 Å². The Hall–Kier alpha value is -1.73. The molecule has 4 heteroatoms. The van der Waals surface area contributed by atoms with Gasteiger partial charge < -0.3 is 4.74 Å². The van der Waals surface area contributed by atoms with Crippen LogP contribution in [0.1, 0.15) is 12.5 Å². The molecular weight excluding hydrogens is 234 g/mol. The summed E-state index contributed by atoms with van der Waals surface area (Å²) in [4.78, 5) is 12.1. The fourth-order valence-electron chi connectivity index (χ4n) is 1.15. The Bertz CT molecular complexity index is 432. The molecule has 0 aliphatic heterocycles. The Labute approximate surface area is 105 Å². The maximum absolute atomic E-state index is 11.1. The van der Waals surface area contributed by atoms with E-state index in [0.29, 0.717) is 12.4 Å². The lowest BCUT2D eigenvalue weighted by molar-refractivity contribution is -0.139. The molecule has 1 rings (SSSR count). The molecule has 0 saturated carbocycles. The highest BCUT2D eigenvalue weighted by Crippen LogP contribution is 2.18. The molecule has 17 heavy (non-hydrogen) atoms. The molecule has 0 aromatic heterocycles. The van der Waals surface area contributed by atoms with E-state index in [-0.39, 0.29) is 5.97 Å². The monoisotopic (exact) mass is 247 g/mol. The number of nitriles is 1. The van der Waals surface area contributed by atoms with Gasteiger partial charge in [-0.3, -0.25) is 4.79 Å². The molecule has 0 unspecified atom stereocenters. The Morgan fingerprint density at radius 1 is 1.47 bits per heavy atom. The average Bonchev–Trinajstić information content (AvgIpc) is 2.35. The van der Waals surface area contributed by atoms with Crippen molar-refractivity contribution in [1.82, 2.24) is 0 Å². The summed E-state index contributed by atoms with van der Waals surface area (Å²) in [6, 6.07) is 9.58. The summed E-state index contributed by atoms with van der Waals surface area (Å²) in [6.07, 6.45) is 3.17. The molecule has 0 fully saturated rings. The molecule has 0 bridgehead atoms. The molecule has 0 aliphatic rings. The van der Waals surface area contributed by atoms with Gasteiger partial charge in [-0.15, -0.1) is 11.8 Å². The van der Waals surface area contributed by atoms with Gasteiger partial charge in [0.1, 0.15) is 0 Å². The maximum atomic E-state index is 11.1. The third kappa shape index (κ3) is 5.23. The zero-order chi connectivity index (χ0) is 12.5. The summed E-state index contributed by atoms with van der Waals surface area (Å²) in [6.45, 7) is 2.20. The Morgan fingerprint density at radius 2 is 2.18 bits per heavy atom. The van der Waals surface area contributed by atoms with E-state index >= 15 is 0 Å². The van der Waals surface area contributed by atoms with Crippen LogP contribution in [-0.4, -0.2) is 18.3 Å². The third-order valence-corrected chi connectivity index (χ3v) is 2.88.